The van der Waals surface area contributed by atoms with Gasteiger partial charge in [-0.3, -0.25) is 9.59 Å². The molecule has 0 aromatic heterocycles. The number of nitrogens with one attached hydrogen (secondary N) is 2. The number of hydrogen-bond acceptors (Lipinski definition) is 3. The smallest absolute Gasteiger partial charge is 0.255 e. The van der Waals surface area contributed by atoms with Gasteiger partial charge in [-0.2, -0.15) is 0 Å². The fourth-order valence-corrected chi connectivity index (χ4v) is 2.27. The minimum absolute atomic E-state index is 0.223. The molecule has 6 heteroatoms. The Morgan fingerprint density at radius 3 is 2.36 bits per heavy atom. The Morgan fingerprint density at radius 2 is 1.68 bits per heavy atom. The van der Waals surface area contributed by atoms with Crippen LogP contribution in [0.4, 0.5) is 10.1 Å². The number of rotatable bonds is 7. The molecule has 2 N–H and O–H groups in total. The van der Waals surface area contributed by atoms with Gasteiger partial charge < -0.3 is 15.5 Å². The summed E-state index contributed by atoms with van der Waals surface area (Å²) < 4.78 is 13.2. The van der Waals surface area contributed by atoms with Crippen LogP contribution in [0.3, 0.4) is 0 Å². The maximum atomic E-state index is 13.2. The van der Waals surface area contributed by atoms with Crippen molar-refractivity contribution in [2.45, 2.75) is 6.42 Å². The maximum Gasteiger partial charge on any atom is 0.255 e. The molecule has 0 aliphatic rings. The summed E-state index contributed by atoms with van der Waals surface area (Å²) >= 11 is 0. The summed E-state index contributed by atoms with van der Waals surface area (Å²) in [6, 6.07) is 12.1. The third-order valence-electron chi connectivity index (χ3n) is 3.54. The van der Waals surface area contributed by atoms with Crippen LogP contribution in [0.15, 0.2) is 48.5 Å². The second-order valence-electron chi connectivity index (χ2n) is 5.96. The van der Waals surface area contributed by atoms with Crippen molar-refractivity contribution in [2.24, 2.45) is 0 Å². The standard InChI is InChI=1S/C19H22FN3O2/c1-23(2)11-5-10-21-18(24)14-6-3-7-15(12-14)19(25)22-17-9-4-8-16(20)13-17/h3-4,6-9,12-13H,5,10-11H2,1-2H3,(H,21,24)(H,22,25). The number of nitrogens with zero attached hydrogens (tertiary/aromatic N) is 1. The predicted molar refractivity (Wildman–Crippen MR) is 96.3 cm³/mol. The van der Waals surface area contributed by atoms with Crippen molar-refractivity contribution in [1.82, 2.24) is 10.2 Å². The van der Waals surface area contributed by atoms with Crippen molar-refractivity contribution >= 4 is 17.5 Å². The second-order valence-corrected chi connectivity index (χ2v) is 5.96. The van der Waals surface area contributed by atoms with Gasteiger partial charge in [0.2, 0.25) is 0 Å². The van der Waals surface area contributed by atoms with Crippen molar-refractivity contribution in [3.63, 3.8) is 0 Å². The first-order chi connectivity index (χ1) is 12.0. The zero-order chi connectivity index (χ0) is 18.2. The summed E-state index contributed by atoms with van der Waals surface area (Å²) in [4.78, 5) is 26.5. The highest BCUT2D eigenvalue weighted by Gasteiger charge is 2.11. The molecule has 0 heterocycles. The molecule has 132 valence electrons. The molecule has 0 aliphatic heterocycles. The normalized spacial score (nSPS) is 10.6. The lowest BCUT2D eigenvalue weighted by Gasteiger charge is -2.10. The molecular formula is C19H22FN3O2. The molecule has 0 bridgehead atoms. The number of carbonyl (C=O) groups excluding carboxylic acids is 2. The molecule has 0 aliphatic carbocycles. The van der Waals surface area contributed by atoms with Gasteiger partial charge in [-0.1, -0.05) is 12.1 Å². The molecular weight excluding hydrogens is 321 g/mol. The van der Waals surface area contributed by atoms with Gasteiger partial charge in [0.15, 0.2) is 0 Å². The van der Waals surface area contributed by atoms with Crippen LogP contribution in [0, 0.1) is 5.82 Å². The molecule has 0 fully saturated rings. The number of hydrogen-bond donors (Lipinski definition) is 2. The van der Waals surface area contributed by atoms with Gasteiger partial charge in [0.25, 0.3) is 11.8 Å². The van der Waals surface area contributed by atoms with Crippen molar-refractivity contribution in [3.8, 4) is 0 Å². The van der Waals surface area contributed by atoms with Gasteiger partial charge in [-0.05, 0) is 63.5 Å². The van der Waals surface area contributed by atoms with Crippen LogP contribution in [0.5, 0.6) is 0 Å². The van der Waals surface area contributed by atoms with E-state index in [1.54, 1.807) is 24.3 Å². The molecule has 5 nitrogen and oxygen atoms in total. The third-order valence-corrected chi connectivity index (χ3v) is 3.54. The predicted octanol–water partition coefficient (Wildman–Crippen LogP) is 2.76. The van der Waals surface area contributed by atoms with Gasteiger partial charge >= 0.3 is 0 Å². The van der Waals surface area contributed by atoms with Crippen molar-refractivity contribution < 1.29 is 14.0 Å². The number of benzene rings is 2. The topological polar surface area (TPSA) is 61.4 Å². The van der Waals surface area contributed by atoms with Crippen LogP contribution in [0.2, 0.25) is 0 Å². The molecule has 0 spiro atoms. The highest BCUT2D eigenvalue weighted by atomic mass is 19.1. The lowest BCUT2D eigenvalue weighted by atomic mass is 10.1. The highest BCUT2D eigenvalue weighted by molar-refractivity contribution is 6.06. The zero-order valence-corrected chi connectivity index (χ0v) is 14.4. The minimum atomic E-state index is -0.427. The van der Waals surface area contributed by atoms with Crippen LogP contribution in [-0.4, -0.2) is 43.9 Å². The Hall–Kier alpha value is -2.73. The molecule has 25 heavy (non-hydrogen) atoms. The number of anilines is 1. The molecule has 2 rings (SSSR count). The Kier molecular flexibility index (Phi) is 6.65. The molecule has 0 saturated heterocycles. The van der Waals surface area contributed by atoms with Gasteiger partial charge in [0, 0.05) is 23.4 Å². The Balaban J connectivity index is 1.97. The van der Waals surface area contributed by atoms with Crippen molar-refractivity contribution in [1.29, 1.82) is 0 Å². The molecule has 2 amide bonds. The summed E-state index contributed by atoms with van der Waals surface area (Å²) in [5.41, 5.74) is 1.12. The molecule has 0 saturated carbocycles. The first kappa shape index (κ1) is 18.6. The maximum absolute atomic E-state index is 13.2. The fourth-order valence-electron chi connectivity index (χ4n) is 2.27. The van der Waals surface area contributed by atoms with Crippen LogP contribution >= 0.6 is 0 Å². The van der Waals surface area contributed by atoms with E-state index in [1.807, 2.05) is 19.0 Å². The van der Waals surface area contributed by atoms with Crippen LogP contribution < -0.4 is 10.6 Å². The first-order valence-electron chi connectivity index (χ1n) is 8.05. The summed E-state index contributed by atoms with van der Waals surface area (Å²) in [7, 11) is 3.95. The average molecular weight is 343 g/mol. The van der Waals surface area contributed by atoms with Gasteiger partial charge in [-0.25, -0.2) is 4.39 Å². The summed E-state index contributed by atoms with van der Waals surface area (Å²) in [5.74, 6) is -1.05. The minimum Gasteiger partial charge on any atom is -0.352 e. The van der Waals surface area contributed by atoms with Crippen molar-refractivity contribution in [2.75, 3.05) is 32.5 Å². The highest BCUT2D eigenvalue weighted by Crippen LogP contribution is 2.12. The quantitative estimate of drug-likeness (QED) is 0.760. The van der Waals surface area contributed by atoms with E-state index < -0.39 is 11.7 Å². The summed E-state index contributed by atoms with van der Waals surface area (Å²) in [6.45, 7) is 1.45. The third kappa shape index (κ3) is 6.00. The van der Waals surface area contributed by atoms with E-state index in [0.29, 0.717) is 23.4 Å². The van der Waals surface area contributed by atoms with E-state index in [0.717, 1.165) is 13.0 Å². The van der Waals surface area contributed by atoms with Gasteiger partial charge in [0.05, 0.1) is 0 Å². The van der Waals surface area contributed by atoms with E-state index in [1.165, 1.54) is 24.3 Å². The van der Waals surface area contributed by atoms with Crippen molar-refractivity contribution in [3.05, 3.63) is 65.5 Å². The van der Waals surface area contributed by atoms with Gasteiger partial charge in [0.1, 0.15) is 5.82 Å². The molecule has 2 aromatic rings. The second kappa shape index (κ2) is 8.94. The SMILES string of the molecule is CN(C)CCCNC(=O)c1cccc(C(=O)Nc2cccc(F)c2)c1. The van der Waals surface area contributed by atoms with E-state index in [9.17, 15) is 14.0 Å². The number of carbonyl (C=O) groups is 2. The lowest BCUT2D eigenvalue weighted by Crippen LogP contribution is -2.27. The molecule has 0 unspecified atom stereocenters. The Labute approximate surface area is 146 Å². The Bertz CT molecular complexity index is 747. The van der Waals surface area contributed by atoms with E-state index in [-0.39, 0.29) is 5.91 Å². The molecule has 0 atom stereocenters. The summed E-state index contributed by atoms with van der Waals surface area (Å²) in [5, 5.41) is 5.44. The fraction of sp³-hybridized carbons (Fsp3) is 0.263. The van der Waals surface area contributed by atoms with Crippen LogP contribution in [0.25, 0.3) is 0 Å². The first-order valence-corrected chi connectivity index (χ1v) is 8.05. The number of amides is 2. The molecule has 2 aromatic carbocycles. The van der Waals surface area contributed by atoms with Gasteiger partial charge in [-0.15, -0.1) is 0 Å². The van der Waals surface area contributed by atoms with Crippen LogP contribution in [-0.2, 0) is 0 Å². The van der Waals surface area contributed by atoms with Crippen LogP contribution in [0.1, 0.15) is 27.1 Å². The van der Waals surface area contributed by atoms with E-state index >= 15 is 0 Å². The van der Waals surface area contributed by atoms with E-state index in [2.05, 4.69) is 10.6 Å². The Morgan fingerprint density at radius 1 is 1.00 bits per heavy atom. The molecule has 0 radical (unpaired) electrons. The zero-order valence-electron chi connectivity index (χ0n) is 14.4. The largest absolute Gasteiger partial charge is 0.352 e. The van der Waals surface area contributed by atoms with E-state index in [4.69, 9.17) is 0 Å². The lowest BCUT2D eigenvalue weighted by molar-refractivity contribution is 0.0952. The number of halogens is 1. The average Bonchev–Trinajstić information content (AvgIpc) is 2.58. The summed E-state index contributed by atoms with van der Waals surface area (Å²) in [6.07, 6.45) is 0.846. The monoisotopic (exact) mass is 343 g/mol.